The van der Waals surface area contributed by atoms with Crippen LogP contribution in [0.25, 0.3) is 0 Å². The van der Waals surface area contributed by atoms with Crippen molar-refractivity contribution in [1.29, 1.82) is 0 Å². The van der Waals surface area contributed by atoms with Gasteiger partial charge in [-0.1, -0.05) is 0 Å². The zero-order valence-corrected chi connectivity index (χ0v) is 11.5. The monoisotopic (exact) mass is 264 g/mol. The van der Waals surface area contributed by atoms with Gasteiger partial charge in [-0.3, -0.25) is 5.10 Å². The molecule has 1 unspecified atom stereocenters. The van der Waals surface area contributed by atoms with E-state index in [1.54, 1.807) is 4.90 Å². The van der Waals surface area contributed by atoms with Crippen molar-refractivity contribution in [1.82, 2.24) is 15.1 Å². The number of fused-ring (bicyclic) bond motifs is 1. The SMILES string of the molecule is CC(C)(C)OC(=O)N1C[C@@H]2C(c3cc(N)n[nH]3)[C@@H]2C1. The zero-order chi connectivity index (χ0) is 13.8. The third-order valence-electron chi connectivity index (χ3n) is 3.82. The number of H-pyrrole nitrogens is 1. The second-order valence-electron chi connectivity index (χ2n) is 6.49. The first-order valence-corrected chi connectivity index (χ1v) is 6.64. The fourth-order valence-electron chi connectivity index (χ4n) is 2.99. The summed E-state index contributed by atoms with van der Waals surface area (Å²) < 4.78 is 5.38. The van der Waals surface area contributed by atoms with Gasteiger partial charge in [0.2, 0.25) is 0 Å². The van der Waals surface area contributed by atoms with Crippen LogP contribution in [0.15, 0.2) is 6.07 Å². The highest BCUT2D eigenvalue weighted by Crippen LogP contribution is 2.57. The Bertz CT molecular complexity index is 493. The molecule has 1 aromatic rings. The number of rotatable bonds is 1. The van der Waals surface area contributed by atoms with Gasteiger partial charge in [-0.2, -0.15) is 5.10 Å². The van der Waals surface area contributed by atoms with E-state index in [4.69, 9.17) is 10.5 Å². The van der Waals surface area contributed by atoms with Crippen LogP contribution in [0, 0.1) is 11.8 Å². The van der Waals surface area contributed by atoms with Gasteiger partial charge in [0.05, 0.1) is 0 Å². The highest BCUT2D eigenvalue weighted by Gasteiger charge is 2.58. The number of hydrogen-bond donors (Lipinski definition) is 2. The molecule has 0 aromatic carbocycles. The van der Waals surface area contributed by atoms with E-state index in [-0.39, 0.29) is 6.09 Å². The first-order valence-electron chi connectivity index (χ1n) is 6.64. The van der Waals surface area contributed by atoms with Crippen molar-refractivity contribution in [3.05, 3.63) is 11.8 Å². The normalized spacial score (nSPS) is 29.2. The smallest absolute Gasteiger partial charge is 0.410 e. The highest BCUT2D eigenvalue weighted by molar-refractivity contribution is 5.69. The molecule has 0 radical (unpaired) electrons. The topological polar surface area (TPSA) is 84.2 Å². The Morgan fingerprint density at radius 1 is 1.47 bits per heavy atom. The lowest BCUT2D eigenvalue weighted by atomic mass is 10.2. The number of carbonyl (C=O) groups excluding carboxylic acids is 1. The largest absolute Gasteiger partial charge is 0.444 e. The number of nitrogens with two attached hydrogens (primary N) is 1. The first kappa shape index (κ1) is 12.3. The van der Waals surface area contributed by atoms with Gasteiger partial charge in [0.15, 0.2) is 0 Å². The van der Waals surface area contributed by atoms with Crippen LogP contribution in [0.2, 0.25) is 0 Å². The molecule has 2 fully saturated rings. The molecule has 0 spiro atoms. The second kappa shape index (κ2) is 3.88. The van der Waals surface area contributed by atoms with Crippen LogP contribution >= 0.6 is 0 Å². The van der Waals surface area contributed by atoms with Crippen molar-refractivity contribution in [3.63, 3.8) is 0 Å². The summed E-state index contributed by atoms with van der Waals surface area (Å²) in [5, 5.41) is 6.92. The zero-order valence-electron chi connectivity index (χ0n) is 11.5. The van der Waals surface area contributed by atoms with Gasteiger partial charge in [-0.05, 0) is 32.6 Å². The number of nitrogens with one attached hydrogen (secondary N) is 1. The number of anilines is 1. The van der Waals surface area contributed by atoms with Gasteiger partial charge in [-0.25, -0.2) is 4.79 Å². The average Bonchev–Trinajstić information content (AvgIpc) is 2.67. The molecule has 1 amide bonds. The van der Waals surface area contributed by atoms with Crippen LogP contribution < -0.4 is 5.73 Å². The van der Waals surface area contributed by atoms with Crippen LogP contribution in [0.1, 0.15) is 32.4 Å². The molecular weight excluding hydrogens is 244 g/mol. The Kier molecular flexibility index (Phi) is 2.52. The van der Waals surface area contributed by atoms with Gasteiger partial charge < -0.3 is 15.4 Å². The number of ether oxygens (including phenoxy) is 1. The molecule has 6 nitrogen and oxygen atoms in total. The number of aromatic nitrogens is 2. The van der Waals surface area contributed by atoms with Gasteiger partial charge in [0, 0.05) is 30.8 Å². The van der Waals surface area contributed by atoms with Crippen molar-refractivity contribution >= 4 is 11.9 Å². The van der Waals surface area contributed by atoms with Gasteiger partial charge in [0.1, 0.15) is 11.4 Å². The lowest BCUT2D eigenvalue weighted by molar-refractivity contribution is 0.0271. The van der Waals surface area contributed by atoms with E-state index >= 15 is 0 Å². The minimum absolute atomic E-state index is 0.206. The molecule has 1 saturated carbocycles. The van der Waals surface area contributed by atoms with Gasteiger partial charge in [0.25, 0.3) is 0 Å². The second-order valence-corrected chi connectivity index (χ2v) is 6.49. The van der Waals surface area contributed by atoms with E-state index in [1.807, 2.05) is 26.8 Å². The van der Waals surface area contributed by atoms with Crippen molar-refractivity contribution < 1.29 is 9.53 Å². The third kappa shape index (κ3) is 2.27. The molecule has 3 N–H and O–H groups in total. The summed E-state index contributed by atoms with van der Waals surface area (Å²) in [5.74, 6) is 2.05. The first-order chi connectivity index (χ1) is 8.85. The number of aromatic amines is 1. The Morgan fingerprint density at radius 2 is 2.11 bits per heavy atom. The summed E-state index contributed by atoms with van der Waals surface area (Å²) in [5.41, 5.74) is 6.28. The maximum Gasteiger partial charge on any atom is 0.410 e. The van der Waals surface area contributed by atoms with E-state index < -0.39 is 5.60 Å². The van der Waals surface area contributed by atoms with E-state index in [0.717, 1.165) is 18.8 Å². The lowest BCUT2D eigenvalue weighted by Crippen LogP contribution is -2.36. The molecule has 1 aliphatic carbocycles. The number of nitrogens with zero attached hydrogens (tertiary/aromatic N) is 2. The molecule has 1 saturated heterocycles. The Balaban J connectivity index is 1.57. The Labute approximate surface area is 112 Å². The minimum Gasteiger partial charge on any atom is -0.444 e. The standard InChI is InChI=1S/C13H20N4O2/c1-13(2,3)19-12(18)17-5-7-8(6-17)11(7)9-4-10(14)16-15-9/h4,7-8,11H,5-6H2,1-3H3,(H3,14,15,16)/t7-,8+,11?. The summed E-state index contributed by atoms with van der Waals surface area (Å²) in [7, 11) is 0. The molecule has 2 aliphatic rings. The van der Waals surface area contributed by atoms with Crippen LogP contribution in [0.3, 0.4) is 0 Å². The number of nitrogen functional groups attached to an aromatic ring is 1. The van der Waals surface area contributed by atoms with E-state index in [2.05, 4.69) is 10.2 Å². The number of amides is 1. The number of piperidine rings is 1. The maximum absolute atomic E-state index is 11.9. The predicted octanol–water partition coefficient (Wildman–Crippen LogP) is 1.57. The Hall–Kier alpha value is -1.72. The summed E-state index contributed by atoms with van der Waals surface area (Å²) >= 11 is 0. The Morgan fingerprint density at radius 3 is 2.58 bits per heavy atom. The molecular formula is C13H20N4O2. The average molecular weight is 264 g/mol. The molecule has 1 aromatic heterocycles. The van der Waals surface area contributed by atoms with Gasteiger partial charge in [-0.15, -0.1) is 0 Å². The molecule has 6 heteroatoms. The third-order valence-corrected chi connectivity index (χ3v) is 3.82. The molecule has 2 heterocycles. The number of carbonyl (C=O) groups is 1. The predicted molar refractivity (Wildman–Crippen MR) is 70.5 cm³/mol. The van der Waals surface area contributed by atoms with Crippen LogP contribution in [0.5, 0.6) is 0 Å². The van der Waals surface area contributed by atoms with Crippen LogP contribution in [-0.4, -0.2) is 39.9 Å². The van der Waals surface area contributed by atoms with Crippen molar-refractivity contribution in [2.45, 2.75) is 32.3 Å². The minimum atomic E-state index is -0.429. The fraction of sp³-hybridized carbons (Fsp3) is 0.692. The van der Waals surface area contributed by atoms with Crippen molar-refractivity contribution in [2.75, 3.05) is 18.8 Å². The summed E-state index contributed by atoms with van der Waals surface area (Å²) in [6.07, 6.45) is -0.206. The van der Waals surface area contributed by atoms with E-state index in [0.29, 0.717) is 23.6 Å². The molecule has 3 rings (SSSR count). The summed E-state index contributed by atoms with van der Waals surface area (Å²) in [6, 6.07) is 1.89. The van der Waals surface area contributed by atoms with Crippen molar-refractivity contribution in [3.8, 4) is 0 Å². The van der Waals surface area contributed by atoms with Crippen molar-refractivity contribution in [2.24, 2.45) is 11.8 Å². The maximum atomic E-state index is 11.9. The molecule has 3 atom stereocenters. The van der Waals surface area contributed by atoms with E-state index in [9.17, 15) is 4.79 Å². The molecule has 19 heavy (non-hydrogen) atoms. The summed E-state index contributed by atoms with van der Waals surface area (Å²) in [4.78, 5) is 13.7. The van der Waals surface area contributed by atoms with Crippen LogP contribution in [0.4, 0.5) is 10.6 Å². The number of hydrogen-bond acceptors (Lipinski definition) is 4. The van der Waals surface area contributed by atoms with E-state index in [1.165, 1.54) is 0 Å². The molecule has 104 valence electrons. The van der Waals surface area contributed by atoms with Crippen LogP contribution in [-0.2, 0) is 4.74 Å². The molecule has 1 aliphatic heterocycles. The quantitative estimate of drug-likeness (QED) is 0.806. The van der Waals surface area contributed by atoms with Gasteiger partial charge >= 0.3 is 6.09 Å². The number of likely N-dealkylation sites (tertiary alicyclic amines) is 1. The lowest BCUT2D eigenvalue weighted by Gasteiger charge is -2.25. The fourth-order valence-corrected chi connectivity index (χ4v) is 2.99. The molecule has 0 bridgehead atoms. The summed E-state index contributed by atoms with van der Waals surface area (Å²) in [6.45, 7) is 7.19. The highest BCUT2D eigenvalue weighted by atomic mass is 16.6.